The van der Waals surface area contributed by atoms with Gasteiger partial charge in [-0.1, -0.05) is 18.2 Å². The van der Waals surface area contributed by atoms with Crippen LogP contribution < -0.4 is 10.6 Å². The van der Waals surface area contributed by atoms with Crippen molar-refractivity contribution in [1.82, 2.24) is 4.98 Å². The fourth-order valence-electron chi connectivity index (χ4n) is 2.51. The van der Waals surface area contributed by atoms with Crippen LogP contribution in [0.1, 0.15) is 26.3 Å². The predicted molar refractivity (Wildman–Crippen MR) is 104 cm³/mol. The molecule has 1 amide bonds. The van der Waals surface area contributed by atoms with Crippen molar-refractivity contribution in [3.63, 3.8) is 0 Å². The Morgan fingerprint density at radius 3 is 2.50 bits per heavy atom. The van der Waals surface area contributed by atoms with E-state index in [2.05, 4.69) is 20.4 Å². The number of hydrogen-bond acceptors (Lipinski definition) is 5. The summed E-state index contributed by atoms with van der Waals surface area (Å²) in [4.78, 5) is 28.2. The zero-order valence-corrected chi connectivity index (χ0v) is 15.1. The predicted octanol–water partition coefficient (Wildman–Crippen LogP) is 3.87. The summed E-state index contributed by atoms with van der Waals surface area (Å²) in [5.41, 5.74) is 2.72. The Kier molecular flexibility index (Phi) is 5.96. The smallest absolute Gasteiger partial charge is 0.337 e. The van der Waals surface area contributed by atoms with E-state index in [1.54, 1.807) is 42.6 Å². The molecule has 0 saturated carbocycles. The van der Waals surface area contributed by atoms with E-state index in [0.717, 1.165) is 5.56 Å². The summed E-state index contributed by atoms with van der Waals surface area (Å²) in [5.74, 6) is -1.13. The molecule has 28 heavy (non-hydrogen) atoms. The van der Waals surface area contributed by atoms with Gasteiger partial charge in [-0.05, 0) is 42.0 Å². The molecule has 2 N–H and O–H groups in total. The van der Waals surface area contributed by atoms with Gasteiger partial charge in [0.1, 0.15) is 5.82 Å². The Balaban J connectivity index is 1.66. The van der Waals surface area contributed by atoms with Crippen LogP contribution in [0.3, 0.4) is 0 Å². The molecule has 0 unspecified atom stereocenters. The van der Waals surface area contributed by atoms with Crippen LogP contribution in [0, 0.1) is 5.82 Å². The van der Waals surface area contributed by atoms with Gasteiger partial charge in [0.05, 0.1) is 23.9 Å². The summed E-state index contributed by atoms with van der Waals surface area (Å²) in [6.45, 7) is 0.466. The molecular formula is C21H18FN3O3. The number of benzene rings is 2. The fraction of sp³-hybridized carbons (Fsp3) is 0.0952. The zero-order valence-electron chi connectivity index (χ0n) is 15.1. The van der Waals surface area contributed by atoms with Gasteiger partial charge >= 0.3 is 5.97 Å². The minimum atomic E-state index is -0.482. The van der Waals surface area contributed by atoms with Gasteiger partial charge in [0.25, 0.3) is 5.91 Å². The number of nitrogens with zero attached hydrogens (tertiary/aromatic N) is 1. The second kappa shape index (κ2) is 8.77. The molecule has 6 nitrogen and oxygen atoms in total. The summed E-state index contributed by atoms with van der Waals surface area (Å²) in [6.07, 6.45) is 3.04. The number of rotatable bonds is 6. The van der Waals surface area contributed by atoms with Crippen LogP contribution in [0.4, 0.5) is 15.8 Å². The van der Waals surface area contributed by atoms with Crippen LogP contribution in [-0.4, -0.2) is 24.0 Å². The molecule has 3 aromatic rings. The largest absolute Gasteiger partial charge is 0.465 e. The molecule has 0 aliphatic rings. The topological polar surface area (TPSA) is 80.3 Å². The highest BCUT2D eigenvalue weighted by Gasteiger charge is 2.10. The van der Waals surface area contributed by atoms with Crippen molar-refractivity contribution in [1.29, 1.82) is 0 Å². The van der Waals surface area contributed by atoms with E-state index in [1.807, 2.05) is 0 Å². The number of esters is 1. The van der Waals surface area contributed by atoms with Crippen LogP contribution in [0.25, 0.3) is 0 Å². The third-order valence-corrected chi connectivity index (χ3v) is 3.95. The Bertz CT molecular complexity index is 990. The lowest BCUT2D eigenvalue weighted by Gasteiger charge is -2.09. The number of amides is 1. The summed E-state index contributed by atoms with van der Waals surface area (Å²) in [6, 6.07) is 14.3. The number of nitrogens with one attached hydrogen (secondary N) is 2. The maximum atomic E-state index is 13.0. The van der Waals surface area contributed by atoms with Crippen molar-refractivity contribution in [2.45, 2.75) is 6.54 Å². The van der Waals surface area contributed by atoms with Gasteiger partial charge in [0, 0.05) is 24.6 Å². The Hall–Kier alpha value is -3.74. The third-order valence-electron chi connectivity index (χ3n) is 3.95. The van der Waals surface area contributed by atoms with Crippen LogP contribution in [-0.2, 0) is 11.3 Å². The van der Waals surface area contributed by atoms with Crippen molar-refractivity contribution < 1.29 is 18.7 Å². The van der Waals surface area contributed by atoms with Crippen LogP contribution in [0.5, 0.6) is 0 Å². The molecule has 0 spiro atoms. The first-order valence-corrected chi connectivity index (χ1v) is 8.48. The van der Waals surface area contributed by atoms with Crippen LogP contribution >= 0.6 is 0 Å². The van der Waals surface area contributed by atoms with Gasteiger partial charge in [0.15, 0.2) is 0 Å². The lowest BCUT2D eigenvalue weighted by molar-refractivity contribution is 0.0600. The number of carbonyl (C=O) groups is 2. The molecule has 1 aromatic heterocycles. The maximum absolute atomic E-state index is 13.0. The van der Waals surface area contributed by atoms with Crippen molar-refractivity contribution in [3.8, 4) is 0 Å². The van der Waals surface area contributed by atoms with E-state index >= 15 is 0 Å². The van der Waals surface area contributed by atoms with E-state index in [9.17, 15) is 14.0 Å². The van der Waals surface area contributed by atoms with E-state index < -0.39 is 5.97 Å². The molecule has 0 aliphatic heterocycles. The molecular weight excluding hydrogens is 361 g/mol. The molecule has 0 aliphatic carbocycles. The van der Waals surface area contributed by atoms with Gasteiger partial charge < -0.3 is 15.4 Å². The monoisotopic (exact) mass is 379 g/mol. The quantitative estimate of drug-likeness (QED) is 0.636. The minimum Gasteiger partial charge on any atom is -0.465 e. The normalized spacial score (nSPS) is 10.2. The van der Waals surface area contributed by atoms with Gasteiger partial charge in [-0.15, -0.1) is 0 Å². The molecule has 0 atom stereocenters. The number of ether oxygens (including phenoxy) is 1. The fourth-order valence-corrected chi connectivity index (χ4v) is 2.51. The lowest BCUT2D eigenvalue weighted by Crippen LogP contribution is -2.13. The number of carbonyl (C=O) groups excluding carboxylic acids is 2. The third kappa shape index (κ3) is 4.91. The Morgan fingerprint density at radius 2 is 1.75 bits per heavy atom. The first-order valence-electron chi connectivity index (χ1n) is 8.48. The number of aromatic nitrogens is 1. The first-order chi connectivity index (χ1) is 13.5. The summed E-state index contributed by atoms with van der Waals surface area (Å²) < 4.78 is 17.6. The van der Waals surface area contributed by atoms with Gasteiger partial charge in [-0.3, -0.25) is 9.78 Å². The summed E-state index contributed by atoms with van der Waals surface area (Å²) in [7, 11) is 1.30. The summed E-state index contributed by atoms with van der Waals surface area (Å²) in [5, 5.41) is 5.87. The van der Waals surface area contributed by atoms with E-state index in [0.29, 0.717) is 29.0 Å². The Morgan fingerprint density at radius 1 is 1.00 bits per heavy atom. The van der Waals surface area contributed by atoms with Gasteiger partial charge in [-0.2, -0.15) is 0 Å². The maximum Gasteiger partial charge on any atom is 0.337 e. The highest BCUT2D eigenvalue weighted by molar-refractivity contribution is 6.05. The highest BCUT2D eigenvalue weighted by Crippen LogP contribution is 2.15. The van der Waals surface area contributed by atoms with Gasteiger partial charge in [0.2, 0.25) is 0 Å². The van der Waals surface area contributed by atoms with Gasteiger partial charge in [-0.25, -0.2) is 9.18 Å². The molecule has 0 bridgehead atoms. The number of anilines is 2. The van der Waals surface area contributed by atoms with Crippen molar-refractivity contribution in [2.24, 2.45) is 0 Å². The zero-order chi connectivity index (χ0) is 19.9. The van der Waals surface area contributed by atoms with Crippen LogP contribution in [0.15, 0.2) is 67.0 Å². The van der Waals surface area contributed by atoms with Crippen molar-refractivity contribution in [3.05, 3.63) is 89.5 Å². The van der Waals surface area contributed by atoms with E-state index in [1.165, 1.54) is 31.5 Å². The molecule has 7 heteroatoms. The molecule has 0 fully saturated rings. The molecule has 0 radical (unpaired) electrons. The van der Waals surface area contributed by atoms with Crippen molar-refractivity contribution >= 4 is 23.3 Å². The Labute approximate surface area is 161 Å². The van der Waals surface area contributed by atoms with Crippen LogP contribution in [0.2, 0.25) is 0 Å². The SMILES string of the molecule is COC(=O)c1cccc(NC(=O)c2cncc(NCc3ccc(F)cc3)c2)c1. The van der Waals surface area contributed by atoms with Crippen molar-refractivity contribution in [2.75, 3.05) is 17.7 Å². The number of halogens is 1. The second-order valence-corrected chi connectivity index (χ2v) is 5.97. The minimum absolute atomic E-state index is 0.291. The number of methoxy groups -OCH3 is 1. The lowest BCUT2D eigenvalue weighted by atomic mass is 10.2. The molecule has 2 aromatic carbocycles. The highest BCUT2D eigenvalue weighted by atomic mass is 19.1. The summed E-state index contributed by atoms with van der Waals surface area (Å²) >= 11 is 0. The second-order valence-electron chi connectivity index (χ2n) is 5.97. The molecule has 3 rings (SSSR count). The van der Waals surface area contributed by atoms with E-state index in [-0.39, 0.29) is 11.7 Å². The number of hydrogen-bond donors (Lipinski definition) is 2. The van der Waals surface area contributed by atoms with E-state index in [4.69, 9.17) is 0 Å². The average Bonchev–Trinajstić information content (AvgIpc) is 2.73. The molecule has 142 valence electrons. The number of pyridine rings is 1. The molecule has 1 heterocycles. The molecule has 0 saturated heterocycles. The first kappa shape index (κ1) is 19.0. The standard InChI is InChI=1S/C21H18FN3O3/c1-28-21(27)15-3-2-4-18(9-15)25-20(26)16-10-19(13-23-12-16)24-11-14-5-7-17(22)8-6-14/h2-10,12-13,24H,11H2,1H3,(H,25,26). The average molecular weight is 379 g/mol.